The normalized spacial score (nSPS) is 11.5. The Labute approximate surface area is 110 Å². The average molecular weight is 300 g/mol. The predicted octanol–water partition coefficient (Wildman–Crippen LogP) is 3.04. The van der Waals surface area contributed by atoms with Crippen LogP contribution in [0.1, 0.15) is 25.8 Å². The summed E-state index contributed by atoms with van der Waals surface area (Å²) in [5, 5.41) is 12.1. The molecular weight excluding hydrogens is 282 g/mol. The third-order valence-electron chi connectivity index (χ3n) is 2.48. The van der Waals surface area contributed by atoms with Crippen LogP contribution < -0.4 is 5.32 Å². The molecule has 0 amide bonds. The second kappa shape index (κ2) is 6.17. The molecule has 0 saturated heterocycles. The van der Waals surface area contributed by atoms with Gasteiger partial charge in [-0.1, -0.05) is 41.9 Å². The van der Waals surface area contributed by atoms with Crippen LogP contribution in [0.2, 0.25) is 0 Å². The number of aliphatic carboxylic acids is 1. The monoisotopic (exact) mass is 299 g/mol. The molecular formula is C13H18BrNO2. The molecule has 1 aromatic rings. The van der Waals surface area contributed by atoms with E-state index in [0.29, 0.717) is 6.54 Å². The molecule has 0 aromatic heterocycles. The third kappa shape index (κ3) is 5.84. The Balaban J connectivity index is 2.37. The molecule has 2 N–H and O–H groups in total. The zero-order valence-corrected chi connectivity index (χ0v) is 11.8. The second-order valence-electron chi connectivity index (χ2n) is 4.96. The summed E-state index contributed by atoms with van der Waals surface area (Å²) < 4.78 is 1.06. The standard InChI is InChI=1S/C13H18BrNO2/c1-13(2,7-12(16)17)9-15-8-10-3-5-11(14)6-4-10/h3-6,15H,7-9H2,1-2H3,(H,16,17). The van der Waals surface area contributed by atoms with Crippen LogP contribution in [-0.2, 0) is 11.3 Å². The van der Waals surface area contributed by atoms with Crippen LogP contribution in [0.3, 0.4) is 0 Å². The highest BCUT2D eigenvalue weighted by atomic mass is 79.9. The second-order valence-corrected chi connectivity index (χ2v) is 5.88. The maximum absolute atomic E-state index is 10.7. The molecule has 0 radical (unpaired) electrons. The van der Waals surface area contributed by atoms with Crippen molar-refractivity contribution >= 4 is 21.9 Å². The number of rotatable bonds is 6. The van der Waals surface area contributed by atoms with Crippen LogP contribution in [0.15, 0.2) is 28.7 Å². The van der Waals surface area contributed by atoms with Crippen LogP contribution in [0.25, 0.3) is 0 Å². The topological polar surface area (TPSA) is 49.3 Å². The lowest BCUT2D eigenvalue weighted by Gasteiger charge is -2.22. The van der Waals surface area contributed by atoms with E-state index in [1.165, 1.54) is 5.56 Å². The zero-order valence-electron chi connectivity index (χ0n) is 10.2. The third-order valence-corrected chi connectivity index (χ3v) is 3.00. The first kappa shape index (κ1) is 14.2. The summed E-state index contributed by atoms with van der Waals surface area (Å²) in [6.45, 7) is 5.36. The number of nitrogens with one attached hydrogen (secondary N) is 1. The number of benzene rings is 1. The fraction of sp³-hybridized carbons (Fsp3) is 0.462. The molecule has 4 heteroatoms. The predicted molar refractivity (Wildman–Crippen MR) is 71.9 cm³/mol. The van der Waals surface area contributed by atoms with Crippen LogP contribution in [0, 0.1) is 5.41 Å². The molecule has 3 nitrogen and oxygen atoms in total. The van der Waals surface area contributed by atoms with Gasteiger partial charge in [0.2, 0.25) is 0 Å². The zero-order chi connectivity index (χ0) is 12.9. The van der Waals surface area contributed by atoms with Gasteiger partial charge in [0.15, 0.2) is 0 Å². The van der Waals surface area contributed by atoms with Crippen LogP contribution >= 0.6 is 15.9 Å². The molecule has 0 saturated carbocycles. The van der Waals surface area contributed by atoms with Crippen molar-refractivity contribution in [2.75, 3.05) is 6.54 Å². The molecule has 94 valence electrons. The first-order chi connectivity index (χ1) is 7.89. The summed E-state index contributed by atoms with van der Waals surface area (Å²) in [6, 6.07) is 8.08. The fourth-order valence-electron chi connectivity index (χ4n) is 1.62. The number of hydrogen-bond donors (Lipinski definition) is 2. The van der Waals surface area contributed by atoms with Crippen molar-refractivity contribution in [2.24, 2.45) is 5.41 Å². The molecule has 0 fully saturated rings. The number of carboxylic acids is 1. The van der Waals surface area contributed by atoms with E-state index < -0.39 is 5.97 Å². The first-order valence-electron chi connectivity index (χ1n) is 5.56. The average Bonchev–Trinajstić information content (AvgIpc) is 2.18. The largest absolute Gasteiger partial charge is 0.481 e. The van der Waals surface area contributed by atoms with E-state index in [1.807, 2.05) is 38.1 Å². The van der Waals surface area contributed by atoms with Gasteiger partial charge in [0.25, 0.3) is 0 Å². The molecule has 0 aliphatic heterocycles. The van der Waals surface area contributed by atoms with E-state index >= 15 is 0 Å². The van der Waals surface area contributed by atoms with Crippen molar-refractivity contribution in [1.29, 1.82) is 0 Å². The van der Waals surface area contributed by atoms with Crippen molar-refractivity contribution in [2.45, 2.75) is 26.8 Å². The maximum atomic E-state index is 10.7. The molecule has 17 heavy (non-hydrogen) atoms. The van der Waals surface area contributed by atoms with E-state index in [2.05, 4.69) is 21.2 Å². The molecule has 1 rings (SSSR count). The van der Waals surface area contributed by atoms with Gasteiger partial charge in [0, 0.05) is 17.6 Å². The Morgan fingerprint density at radius 1 is 1.35 bits per heavy atom. The quantitative estimate of drug-likeness (QED) is 0.849. The fourth-order valence-corrected chi connectivity index (χ4v) is 1.88. The highest BCUT2D eigenvalue weighted by Gasteiger charge is 2.20. The van der Waals surface area contributed by atoms with E-state index in [1.54, 1.807) is 0 Å². The molecule has 0 atom stereocenters. The van der Waals surface area contributed by atoms with Gasteiger partial charge in [-0.15, -0.1) is 0 Å². The van der Waals surface area contributed by atoms with Crippen molar-refractivity contribution in [3.05, 3.63) is 34.3 Å². The summed E-state index contributed by atoms with van der Waals surface area (Å²) in [4.78, 5) is 10.7. The molecule has 0 unspecified atom stereocenters. The number of hydrogen-bond acceptors (Lipinski definition) is 2. The summed E-state index contributed by atoms with van der Waals surface area (Å²) in [7, 11) is 0. The molecule has 0 aliphatic rings. The Hall–Kier alpha value is -0.870. The first-order valence-corrected chi connectivity index (χ1v) is 6.35. The van der Waals surface area contributed by atoms with Crippen molar-refractivity contribution in [3.63, 3.8) is 0 Å². The number of halogens is 1. The van der Waals surface area contributed by atoms with Gasteiger partial charge in [0.05, 0.1) is 6.42 Å². The van der Waals surface area contributed by atoms with Gasteiger partial charge in [0.1, 0.15) is 0 Å². The van der Waals surface area contributed by atoms with Crippen LogP contribution in [0.4, 0.5) is 0 Å². The lowest BCUT2D eigenvalue weighted by atomic mass is 9.89. The Kier molecular flexibility index (Phi) is 5.15. The van der Waals surface area contributed by atoms with Gasteiger partial charge < -0.3 is 10.4 Å². The molecule has 0 heterocycles. The molecule has 1 aromatic carbocycles. The minimum Gasteiger partial charge on any atom is -0.481 e. The van der Waals surface area contributed by atoms with E-state index in [4.69, 9.17) is 5.11 Å². The molecule has 0 spiro atoms. The summed E-state index contributed by atoms with van der Waals surface area (Å²) in [5.41, 5.74) is 0.973. The lowest BCUT2D eigenvalue weighted by Crippen LogP contribution is -2.31. The van der Waals surface area contributed by atoms with Gasteiger partial charge >= 0.3 is 5.97 Å². The Morgan fingerprint density at radius 3 is 2.47 bits per heavy atom. The SMILES string of the molecule is CC(C)(CNCc1ccc(Br)cc1)CC(=O)O. The molecule has 0 aliphatic carbocycles. The number of carboxylic acid groups (broad SMARTS) is 1. The lowest BCUT2D eigenvalue weighted by molar-refractivity contribution is -0.139. The van der Waals surface area contributed by atoms with E-state index in [9.17, 15) is 4.79 Å². The summed E-state index contributed by atoms with van der Waals surface area (Å²) in [6.07, 6.45) is 0.181. The van der Waals surface area contributed by atoms with Crippen molar-refractivity contribution in [1.82, 2.24) is 5.32 Å². The van der Waals surface area contributed by atoms with Crippen LogP contribution in [-0.4, -0.2) is 17.6 Å². The Morgan fingerprint density at radius 2 is 1.94 bits per heavy atom. The number of carbonyl (C=O) groups is 1. The van der Waals surface area contributed by atoms with Crippen molar-refractivity contribution in [3.8, 4) is 0 Å². The molecule has 0 bridgehead atoms. The maximum Gasteiger partial charge on any atom is 0.303 e. The van der Waals surface area contributed by atoms with E-state index in [0.717, 1.165) is 11.0 Å². The minimum atomic E-state index is -0.750. The van der Waals surface area contributed by atoms with Gasteiger partial charge in [-0.05, 0) is 23.1 Å². The van der Waals surface area contributed by atoms with E-state index in [-0.39, 0.29) is 11.8 Å². The van der Waals surface area contributed by atoms with Gasteiger partial charge in [-0.3, -0.25) is 4.79 Å². The smallest absolute Gasteiger partial charge is 0.303 e. The summed E-state index contributed by atoms with van der Waals surface area (Å²) >= 11 is 3.39. The highest BCUT2D eigenvalue weighted by Crippen LogP contribution is 2.19. The highest BCUT2D eigenvalue weighted by molar-refractivity contribution is 9.10. The van der Waals surface area contributed by atoms with Crippen molar-refractivity contribution < 1.29 is 9.90 Å². The summed E-state index contributed by atoms with van der Waals surface area (Å²) in [5.74, 6) is -0.750. The Bertz CT molecular complexity index is 374. The van der Waals surface area contributed by atoms with Gasteiger partial charge in [-0.2, -0.15) is 0 Å². The minimum absolute atomic E-state index is 0.181. The van der Waals surface area contributed by atoms with Gasteiger partial charge in [-0.25, -0.2) is 0 Å². The van der Waals surface area contributed by atoms with Crippen LogP contribution in [0.5, 0.6) is 0 Å².